The SMILES string of the molecule is O=C(COCc1nc2ccc(F)cc2[nH]1)N1CCN2CCCC[C@@H]2C1. The number of benzene rings is 1. The number of rotatable bonds is 4. The molecule has 2 aromatic rings. The summed E-state index contributed by atoms with van der Waals surface area (Å²) < 4.78 is 18.7. The molecular weight excluding hydrogens is 323 g/mol. The Morgan fingerprint density at radius 2 is 2.24 bits per heavy atom. The summed E-state index contributed by atoms with van der Waals surface area (Å²) in [6.07, 6.45) is 3.71. The van der Waals surface area contributed by atoms with Crippen LogP contribution in [-0.4, -0.2) is 64.5 Å². The second kappa shape index (κ2) is 7.09. The smallest absolute Gasteiger partial charge is 0.248 e. The van der Waals surface area contributed by atoms with E-state index in [1.165, 1.54) is 31.4 Å². The van der Waals surface area contributed by atoms with Gasteiger partial charge in [-0.15, -0.1) is 0 Å². The van der Waals surface area contributed by atoms with Crippen molar-refractivity contribution in [2.75, 3.05) is 32.8 Å². The predicted octanol–water partition coefficient (Wildman–Crippen LogP) is 1.92. The van der Waals surface area contributed by atoms with Gasteiger partial charge in [0.2, 0.25) is 5.91 Å². The number of carbonyl (C=O) groups is 1. The number of ether oxygens (including phenoxy) is 1. The number of halogens is 1. The molecule has 25 heavy (non-hydrogen) atoms. The molecule has 3 heterocycles. The Morgan fingerprint density at radius 1 is 1.32 bits per heavy atom. The third-order valence-electron chi connectivity index (χ3n) is 5.15. The summed E-state index contributed by atoms with van der Waals surface area (Å²) in [5, 5.41) is 0. The van der Waals surface area contributed by atoms with E-state index in [0.29, 0.717) is 22.9 Å². The van der Waals surface area contributed by atoms with Crippen molar-refractivity contribution in [3.63, 3.8) is 0 Å². The molecule has 2 aliphatic rings. The molecule has 1 aromatic carbocycles. The van der Waals surface area contributed by atoms with E-state index >= 15 is 0 Å². The van der Waals surface area contributed by atoms with Gasteiger partial charge in [0.05, 0.1) is 11.0 Å². The molecule has 0 aliphatic carbocycles. The van der Waals surface area contributed by atoms with Gasteiger partial charge in [-0.05, 0) is 37.6 Å². The lowest BCUT2D eigenvalue weighted by molar-refractivity contribution is -0.140. The fourth-order valence-electron chi connectivity index (χ4n) is 3.81. The topological polar surface area (TPSA) is 61.5 Å². The van der Waals surface area contributed by atoms with E-state index in [4.69, 9.17) is 4.74 Å². The summed E-state index contributed by atoms with van der Waals surface area (Å²) in [6.45, 7) is 3.99. The lowest BCUT2D eigenvalue weighted by atomic mass is 9.99. The van der Waals surface area contributed by atoms with Crippen LogP contribution in [0, 0.1) is 5.82 Å². The Labute approximate surface area is 146 Å². The number of carbonyl (C=O) groups excluding carboxylic acids is 1. The number of H-pyrrole nitrogens is 1. The van der Waals surface area contributed by atoms with Gasteiger partial charge in [0.1, 0.15) is 24.9 Å². The van der Waals surface area contributed by atoms with Gasteiger partial charge in [-0.3, -0.25) is 9.69 Å². The van der Waals surface area contributed by atoms with Crippen LogP contribution in [0.1, 0.15) is 25.1 Å². The van der Waals surface area contributed by atoms with Crippen LogP contribution < -0.4 is 0 Å². The number of hydrogen-bond acceptors (Lipinski definition) is 4. The molecule has 1 N–H and O–H groups in total. The van der Waals surface area contributed by atoms with Crippen LogP contribution in [0.15, 0.2) is 18.2 Å². The van der Waals surface area contributed by atoms with E-state index < -0.39 is 0 Å². The van der Waals surface area contributed by atoms with Crippen LogP contribution in [0.25, 0.3) is 11.0 Å². The van der Waals surface area contributed by atoms with Gasteiger partial charge in [-0.25, -0.2) is 9.37 Å². The molecule has 0 radical (unpaired) electrons. The Kier molecular flexibility index (Phi) is 4.67. The Bertz CT molecular complexity index is 763. The molecule has 1 atom stereocenters. The lowest BCUT2D eigenvalue weighted by Crippen LogP contribution is -2.56. The minimum atomic E-state index is -0.305. The minimum Gasteiger partial charge on any atom is -0.364 e. The fraction of sp³-hybridized carbons (Fsp3) is 0.556. The summed E-state index contributed by atoms with van der Waals surface area (Å²) >= 11 is 0. The van der Waals surface area contributed by atoms with Crippen LogP contribution in [0.4, 0.5) is 4.39 Å². The van der Waals surface area contributed by atoms with E-state index in [2.05, 4.69) is 14.9 Å². The minimum absolute atomic E-state index is 0.0346. The maximum absolute atomic E-state index is 13.2. The average Bonchev–Trinajstić information content (AvgIpc) is 3.03. The van der Waals surface area contributed by atoms with E-state index in [1.807, 2.05) is 4.90 Å². The van der Waals surface area contributed by atoms with Crippen molar-refractivity contribution in [1.29, 1.82) is 0 Å². The Morgan fingerprint density at radius 3 is 3.16 bits per heavy atom. The maximum Gasteiger partial charge on any atom is 0.248 e. The summed E-state index contributed by atoms with van der Waals surface area (Å²) in [6, 6.07) is 4.92. The normalized spacial score (nSPS) is 21.5. The second-order valence-electron chi connectivity index (χ2n) is 6.86. The Balaban J connectivity index is 1.28. The summed E-state index contributed by atoms with van der Waals surface area (Å²) in [7, 11) is 0. The largest absolute Gasteiger partial charge is 0.364 e. The maximum atomic E-state index is 13.2. The number of imidazole rings is 1. The van der Waals surface area contributed by atoms with E-state index in [1.54, 1.807) is 6.07 Å². The zero-order valence-electron chi connectivity index (χ0n) is 14.2. The van der Waals surface area contributed by atoms with E-state index in [-0.39, 0.29) is 24.9 Å². The molecule has 1 amide bonds. The molecule has 0 unspecified atom stereocenters. The van der Waals surface area contributed by atoms with Crippen molar-refractivity contribution in [1.82, 2.24) is 19.8 Å². The first kappa shape index (κ1) is 16.5. The first-order chi connectivity index (χ1) is 12.2. The first-order valence-corrected chi connectivity index (χ1v) is 8.93. The number of piperazine rings is 1. The zero-order chi connectivity index (χ0) is 17.2. The number of fused-ring (bicyclic) bond motifs is 2. The van der Waals surface area contributed by atoms with Gasteiger partial charge in [0.15, 0.2) is 0 Å². The summed E-state index contributed by atoms with van der Waals surface area (Å²) in [5.74, 6) is 0.332. The van der Waals surface area contributed by atoms with Gasteiger partial charge < -0.3 is 14.6 Å². The number of hydrogen-bond donors (Lipinski definition) is 1. The van der Waals surface area contributed by atoms with Crippen molar-refractivity contribution in [2.24, 2.45) is 0 Å². The monoisotopic (exact) mass is 346 g/mol. The third kappa shape index (κ3) is 3.67. The molecule has 134 valence electrons. The first-order valence-electron chi connectivity index (χ1n) is 8.93. The van der Waals surface area contributed by atoms with Crippen molar-refractivity contribution >= 4 is 16.9 Å². The van der Waals surface area contributed by atoms with Crippen LogP contribution in [0.5, 0.6) is 0 Å². The number of aromatic nitrogens is 2. The number of nitrogens with one attached hydrogen (secondary N) is 1. The fourth-order valence-corrected chi connectivity index (χ4v) is 3.81. The van der Waals surface area contributed by atoms with Gasteiger partial charge in [0.25, 0.3) is 0 Å². The van der Waals surface area contributed by atoms with Crippen LogP contribution in [0.3, 0.4) is 0 Å². The molecule has 2 fully saturated rings. The number of piperidine rings is 1. The van der Waals surface area contributed by atoms with Crippen molar-refractivity contribution in [3.8, 4) is 0 Å². The lowest BCUT2D eigenvalue weighted by Gasteiger charge is -2.44. The van der Waals surface area contributed by atoms with Gasteiger partial charge >= 0.3 is 0 Å². The zero-order valence-corrected chi connectivity index (χ0v) is 14.2. The van der Waals surface area contributed by atoms with Crippen molar-refractivity contribution in [2.45, 2.75) is 31.9 Å². The number of nitrogens with zero attached hydrogens (tertiary/aromatic N) is 3. The molecule has 7 heteroatoms. The molecule has 2 saturated heterocycles. The van der Waals surface area contributed by atoms with Crippen LogP contribution in [0.2, 0.25) is 0 Å². The van der Waals surface area contributed by atoms with E-state index in [0.717, 1.165) is 26.2 Å². The molecule has 2 aliphatic heterocycles. The number of aromatic amines is 1. The van der Waals surface area contributed by atoms with Crippen LogP contribution in [-0.2, 0) is 16.1 Å². The summed E-state index contributed by atoms with van der Waals surface area (Å²) in [5.41, 5.74) is 1.33. The van der Waals surface area contributed by atoms with Gasteiger partial charge in [-0.1, -0.05) is 6.42 Å². The predicted molar refractivity (Wildman–Crippen MR) is 91.5 cm³/mol. The molecule has 6 nitrogen and oxygen atoms in total. The highest BCUT2D eigenvalue weighted by Gasteiger charge is 2.30. The molecule has 0 spiro atoms. The molecule has 1 aromatic heterocycles. The van der Waals surface area contributed by atoms with Crippen LogP contribution >= 0.6 is 0 Å². The second-order valence-corrected chi connectivity index (χ2v) is 6.86. The highest BCUT2D eigenvalue weighted by atomic mass is 19.1. The molecule has 0 saturated carbocycles. The molecule has 4 rings (SSSR count). The quantitative estimate of drug-likeness (QED) is 0.919. The Hall–Kier alpha value is -1.99. The highest BCUT2D eigenvalue weighted by molar-refractivity contribution is 5.77. The van der Waals surface area contributed by atoms with Crippen molar-refractivity contribution < 1.29 is 13.9 Å². The number of amides is 1. The summed E-state index contributed by atoms with van der Waals surface area (Å²) in [4.78, 5) is 24.2. The standard InChI is InChI=1S/C18H23FN4O2/c19-13-4-5-15-16(9-13)21-17(20-15)11-25-12-18(24)23-8-7-22-6-2-1-3-14(22)10-23/h4-5,9,14H,1-3,6-8,10-12H2,(H,20,21)/t14-/m1/s1. The van der Waals surface area contributed by atoms with Crippen molar-refractivity contribution in [3.05, 3.63) is 29.8 Å². The molecular formula is C18H23FN4O2. The van der Waals surface area contributed by atoms with E-state index in [9.17, 15) is 9.18 Å². The average molecular weight is 346 g/mol. The van der Waals surface area contributed by atoms with Gasteiger partial charge in [0, 0.05) is 25.7 Å². The third-order valence-corrected chi connectivity index (χ3v) is 5.15. The highest BCUT2D eigenvalue weighted by Crippen LogP contribution is 2.21. The molecule has 0 bridgehead atoms. The van der Waals surface area contributed by atoms with Gasteiger partial charge in [-0.2, -0.15) is 0 Å².